The molecule has 1 aliphatic carbocycles. The first kappa shape index (κ1) is 17.0. The zero-order chi connectivity index (χ0) is 16.9. The van der Waals surface area contributed by atoms with E-state index < -0.39 is 0 Å². The molecule has 0 saturated carbocycles. The first-order chi connectivity index (χ1) is 11.6. The Morgan fingerprint density at radius 3 is 2.83 bits per heavy atom. The molecule has 3 N–H and O–H groups in total. The second-order valence-corrected chi connectivity index (χ2v) is 6.87. The molecule has 0 heterocycles. The third kappa shape index (κ3) is 3.97. The third-order valence-corrected chi connectivity index (χ3v) is 5.10. The molecule has 126 valence electrons. The van der Waals surface area contributed by atoms with Crippen LogP contribution in [0.3, 0.4) is 0 Å². The van der Waals surface area contributed by atoms with Crippen molar-refractivity contribution in [1.82, 2.24) is 5.32 Å². The van der Waals surface area contributed by atoms with Gasteiger partial charge in [-0.1, -0.05) is 54.1 Å². The molecule has 0 unspecified atom stereocenters. The summed E-state index contributed by atoms with van der Waals surface area (Å²) in [6.07, 6.45) is 3.25. The van der Waals surface area contributed by atoms with E-state index in [1.54, 1.807) is 0 Å². The van der Waals surface area contributed by atoms with Crippen LogP contribution in [0.5, 0.6) is 0 Å². The van der Waals surface area contributed by atoms with Crippen LogP contribution >= 0.6 is 11.6 Å². The lowest BCUT2D eigenvalue weighted by atomic mass is 9.88. The number of hydrogen-bond acceptors (Lipinski definition) is 1. The Labute approximate surface area is 148 Å². The number of fused-ring (bicyclic) bond motifs is 1. The smallest absolute Gasteiger partial charge is 0.275 e. The van der Waals surface area contributed by atoms with E-state index in [0.717, 1.165) is 29.8 Å². The molecule has 2 atom stereocenters. The van der Waals surface area contributed by atoms with Crippen LogP contribution < -0.4 is 10.6 Å². The van der Waals surface area contributed by atoms with Crippen molar-refractivity contribution in [2.24, 2.45) is 0 Å². The van der Waals surface area contributed by atoms with Crippen LogP contribution in [-0.2, 0) is 11.2 Å². The van der Waals surface area contributed by atoms with Crippen LogP contribution in [0.15, 0.2) is 48.5 Å². The first-order valence-electron chi connectivity index (χ1n) is 8.60. The van der Waals surface area contributed by atoms with Crippen LogP contribution in [0, 0.1) is 0 Å². The van der Waals surface area contributed by atoms with Gasteiger partial charge in [0.05, 0.1) is 6.04 Å². The van der Waals surface area contributed by atoms with Crippen molar-refractivity contribution < 1.29 is 10.1 Å². The Morgan fingerprint density at radius 1 is 1.25 bits per heavy atom. The van der Waals surface area contributed by atoms with Gasteiger partial charge in [-0.2, -0.15) is 0 Å². The highest BCUT2D eigenvalue weighted by Crippen LogP contribution is 2.29. The maximum Gasteiger partial charge on any atom is 0.275 e. The van der Waals surface area contributed by atoms with Crippen molar-refractivity contribution in [3.05, 3.63) is 70.2 Å². The van der Waals surface area contributed by atoms with E-state index in [-0.39, 0.29) is 18.0 Å². The highest BCUT2D eigenvalue weighted by atomic mass is 35.5. The van der Waals surface area contributed by atoms with Gasteiger partial charge in [0.1, 0.15) is 6.04 Å². The Morgan fingerprint density at radius 2 is 2.00 bits per heavy atom. The quantitative estimate of drug-likeness (QED) is 0.860. The summed E-state index contributed by atoms with van der Waals surface area (Å²) >= 11 is 6.23. The number of quaternary nitrogens is 1. The third-order valence-electron chi connectivity index (χ3n) is 4.76. The average Bonchev–Trinajstić information content (AvgIpc) is 2.60. The zero-order valence-corrected chi connectivity index (χ0v) is 14.7. The van der Waals surface area contributed by atoms with Crippen molar-refractivity contribution >= 4 is 17.5 Å². The number of benzene rings is 2. The topological polar surface area (TPSA) is 45.7 Å². The van der Waals surface area contributed by atoms with Gasteiger partial charge in [0, 0.05) is 10.6 Å². The SMILES string of the molecule is C[C@@H]([NH2+]CC(=O)N[C@H]1CCCc2ccccc21)c1ccccc1Cl. The molecule has 3 nitrogen and oxygen atoms in total. The van der Waals surface area contributed by atoms with E-state index in [9.17, 15) is 4.79 Å². The molecule has 0 aromatic heterocycles. The summed E-state index contributed by atoms with van der Waals surface area (Å²) < 4.78 is 0. The predicted octanol–water partition coefficient (Wildman–Crippen LogP) is 3.16. The maximum absolute atomic E-state index is 12.4. The largest absolute Gasteiger partial charge is 0.344 e. The Hall–Kier alpha value is -1.84. The molecular weight excluding hydrogens is 320 g/mol. The minimum Gasteiger partial charge on any atom is -0.344 e. The van der Waals surface area contributed by atoms with Gasteiger partial charge in [-0.25, -0.2) is 0 Å². The highest BCUT2D eigenvalue weighted by Gasteiger charge is 2.22. The van der Waals surface area contributed by atoms with Gasteiger partial charge < -0.3 is 10.6 Å². The summed E-state index contributed by atoms with van der Waals surface area (Å²) in [6.45, 7) is 2.48. The molecule has 0 bridgehead atoms. The molecule has 2 aromatic carbocycles. The number of halogens is 1. The fourth-order valence-corrected chi connectivity index (χ4v) is 3.72. The molecule has 1 aliphatic rings. The predicted molar refractivity (Wildman–Crippen MR) is 96.9 cm³/mol. The second kappa shape index (κ2) is 7.82. The van der Waals surface area contributed by atoms with E-state index in [4.69, 9.17) is 11.6 Å². The van der Waals surface area contributed by atoms with Crippen molar-refractivity contribution in [3.63, 3.8) is 0 Å². The molecule has 1 amide bonds. The zero-order valence-electron chi connectivity index (χ0n) is 14.0. The van der Waals surface area contributed by atoms with E-state index in [1.165, 1.54) is 11.1 Å². The van der Waals surface area contributed by atoms with Crippen LogP contribution in [0.4, 0.5) is 0 Å². The van der Waals surface area contributed by atoms with Crippen LogP contribution in [-0.4, -0.2) is 12.5 Å². The van der Waals surface area contributed by atoms with Gasteiger partial charge in [0.2, 0.25) is 0 Å². The summed E-state index contributed by atoms with van der Waals surface area (Å²) in [4.78, 5) is 12.4. The fourth-order valence-electron chi connectivity index (χ4n) is 3.41. The Bertz CT molecular complexity index is 716. The van der Waals surface area contributed by atoms with Gasteiger partial charge in [-0.15, -0.1) is 0 Å². The van der Waals surface area contributed by atoms with Gasteiger partial charge in [0.25, 0.3) is 5.91 Å². The summed E-state index contributed by atoms with van der Waals surface area (Å²) in [5.41, 5.74) is 3.70. The molecule has 3 rings (SSSR count). The average molecular weight is 344 g/mol. The number of nitrogens with two attached hydrogens (primary N) is 1. The lowest BCUT2D eigenvalue weighted by Gasteiger charge is -2.26. The lowest BCUT2D eigenvalue weighted by Crippen LogP contribution is -2.87. The highest BCUT2D eigenvalue weighted by molar-refractivity contribution is 6.31. The number of hydrogen-bond donors (Lipinski definition) is 2. The van der Waals surface area contributed by atoms with E-state index in [2.05, 4.69) is 36.5 Å². The maximum atomic E-state index is 12.4. The molecule has 0 fully saturated rings. The standard InChI is InChI=1S/C20H23ClN2O/c1-14(16-9-4-5-11-18(16)21)22-13-20(24)23-19-12-6-8-15-7-2-3-10-17(15)19/h2-5,7,9-11,14,19,22H,6,8,12-13H2,1H3,(H,23,24)/p+1/t14-,19+/m1/s1. The van der Waals surface area contributed by atoms with Gasteiger partial charge >= 0.3 is 0 Å². The molecule has 0 spiro atoms. The van der Waals surface area contributed by atoms with Crippen LogP contribution in [0.25, 0.3) is 0 Å². The van der Waals surface area contributed by atoms with E-state index in [0.29, 0.717) is 6.54 Å². The van der Waals surface area contributed by atoms with E-state index >= 15 is 0 Å². The number of amides is 1. The number of rotatable bonds is 5. The molecule has 4 heteroatoms. The van der Waals surface area contributed by atoms with Gasteiger partial charge in [-0.05, 0) is 43.4 Å². The second-order valence-electron chi connectivity index (χ2n) is 6.46. The lowest BCUT2D eigenvalue weighted by molar-refractivity contribution is -0.682. The molecule has 0 aliphatic heterocycles. The molecular formula is C20H24ClN2O+. The number of aryl methyl sites for hydroxylation is 1. The van der Waals surface area contributed by atoms with Crippen molar-refractivity contribution in [2.45, 2.75) is 38.3 Å². The molecule has 24 heavy (non-hydrogen) atoms. The molecule has 2 aromatic rings. The molecule has 0 saturated heterocycles. The van der Waals surface area contributed by atoms with Crippen LogP contribution in [0.2, 0.25) is 5.02 Å². The first-order valence-corrected chi connectivity index (χ1v) is 8.98. The van der Waals surface area contributed by atoms with Gasteiger partial charge in [-0.3, -0.25) is 4.79 Å². The summed E-state index contributed by atoms with van der Waals surface area (Å²) in [5.74, 6) is 0.0793. The Balaban J connectivity index is 1.56. The molecule has 0 radical (unpaired) electrons. The van der Waals surface area contributed by atoms with Crippen molar-refractivity contribution in [2.75, 3.05) is 6.54 Å². The van der Waals surface area contributed by atoms with Crippen molar-refractivity contribution in [3.8, 4) is 0 Å². The number of nitrogens with one attached hydrogen (secondary N) is 1. The Kier molecular flexibility index (Phi) is 5.54. The summed E-state index contributed by atoms with van der Waals surface area (Å²) in [6, 6.07) is 16.5. The number of carbonyl (C=O) groups is 1. The summed E-state index contributed by atoms with van der Waals surface area (Å²) in [5, 5.41) is 5.98. The minimum atomic E-state index is 0.0793. The van der Waals surface area contributed by atoms with Gasteiger partial charge in [0.15, 0.2) is 6.54 Å². The van der Waals surface area contributed by atoms with E-state index in [1.807, 2.05) is 29.6 Å². The monoisotopic (exact) mass is 343 g/mol. The minimum absolute atomic E-state index is 0.0793. The van der Waals surface area contributed by atoms with Crippen LogP contribution in [0.1, 0.15) is 48.5 Å². The normalized spacial score (nSPS) is 17.8. The fraction of sp³-hybridized carbons (Fsp3) is 0.350. The summed E-state index contributed by atoms with van der Waals surface area (Å²) in [7, 11) is 0. The van der Waals surface area contributed by atoms with Crippen molar-refractivity contribution in [1.29, 1.82) is 0 Å². The number of carbonyl (C=O) groups excluding carboxylic acids is 1.